The van der Waals surface area contributed by atoms with E-state index >= 15 is 0 Å². The van der Waals surface area contributed by atoms with E-state index in [-0.39, 0.29) is 6.04 Å². The molecule has 1 aromatic rings. The molecule has 2 rings (SSSR count). The fraction of sp³-hybridized carbons (Fsp3) is 0.500. The molecule has 0 saturated carbocycles. The lowest BCUT2D eigenvalue weighted by Gasteiger charge is -2.28. The molecule has 1 heterocycles. The fourth-order valence-corrected chi connectivity index (χ4v) is 2.43. The Morgan fingerprint density at radius 2 is 2.05 bits per heavy atom. The number of rotatable bonds is 5. The number of anilines is 1. The lowest BCUT2D eigenvalue weighted by Crippen LogP contribution is -2.29. The fourth-order valence-electron chi connectivity index (χ4n) is 2.43. The van der Waals surface area contributed by atoms with Crippen LogP contribution in [-0.4, -0.2) is 26.8 Å². The third-order valence-electron chi connectivity index (χ3n) is 3.76. The van der Waals surface area contributed by atoms with Gasteiger partial charge in [-0.2, -0.15) is 0 Å². The minimum atomic E-state index is 0.156. The summed E-state index contributed by atoms with van der Waals surface area (Å²) in [6, 6.07) is 8.82. The van der Waals surface area contributed by atoms with E-state index in [1.54, 1.807) is 7.11 Å². The molecule has 3 nitrogen and oxygen atoms in total. The van der Waals surface area contributed by atoms with Crippen LogP contribution in [0.15, 0.2) is 35.9 Å². The molecule has 1 atom stereocenters. The van der Waals surface area contributed by atoms with Crippen molar-refractivity contribution in [1.82, 2.24) is 0 Å². The largest absolute Gasteiger partial charge is 0.380 e. The number of nitrogens with two attached hydrogens (primary N) is 1. The number of hydrogen-bond acceptors (Lipinski definition) is 3. The highest BCUT2D eigenvalue weighted by molar-refractivity contribution is 5.49. The Morgan fingerprint density at radius 3 is 2.58 bits per heavy atom. The van der Waals surface area contributed by atoms with E-state index in [1.165, 1.54) is 16.8 Å². The highest BCUT2D eigenvalue weighted by atomic mass is 16.5. The van der Waals surface area contributed by atoms with E-state index in [2.05, 4.69) is 42.2 Å². The van der Waals surface area contributed by atoms with Crippen molar-refractivity contribution < 1.29 is 4.74 Å². The van der Waals surface area contributed by atoms with Crippen LogP contribution in [0.5, 0.6) is 0 Å². The molecule has 1 aliphatic heterocycles. The second kappa shape index (κ2) is 6.73. The first-order valence-electron chi connectivity index (χ1n) is 7.02. The van der Waals surface area contributed by atoms with E-state index in [9.17, 15) is 0 Å². The van der Waals surface area contributed by atoms with Gasteiger partial charge in [-0.15, -0.1) is 0 Å². The number of hydrogen-bond donors (Lipinski definition) is 1. The molecule has 0 radical (unpaired) electrons. The van der Waals surface area contributed by atoms with Crippen LogP contribution in [0.25, 0.3) is 0 Å². The summed E-state index contributed by atoms with van der Waals surface area (Å²) in [7, 11) is 1.75. The topological polar surface area (TPSA) is 38.5 Å². The Kier molecular flexibility index (Phi) is 5.00. The maximum Gasteiger partial charge on any atom is 0.0674 e. The van der Waals surface area contributed by atoms with Gasteiger partial charge in [0.15, 0.2) is 0 Å². The second-order valence-electron chi connectivity index (χ2n) is 5.10. The summed E-state index contributed by atoms with van der Waals surface area (Å²) >= 11 is 0. The van der Waals surface area contributed by atoms with E-state index in [4.69, 9.17) is 10.5 Å². The monoisotopic (exact) mass is 260 g/mol. The third-order valence-corrected chi connectivity index (χ3v) is 3.76. The van der Waals surface area contributed by atoms with Crippen LogP contribution >= 0.6 is 0 Å². The quantitative estimate of drug-likeness (QED) is 0.827. The van der Waals surface area contributed by atoms with Gasteiger partial charge in [-0.3, -0.25) is 0 Å². The Morgan fingerprint density at radius 1 is 1.32 bits per heavy atom. The van der Waals surface area contributed by atoms with Gasteiger partial charge in [0, 0.05) is 31.9 Å². The third kappa shape index (κ3) is 3.58. The van der Waals surface area contributed by atoms with Gasteiger partial charge >= 0.3 is 0 Å². The first kappa shape index (κ1) is 14.1. The van der Waals surface area contributed by atoms with Crippen LogP contribution in [0.1, 0.15) is 31.4 Å². The van der Waals surface area contributed by atoms with Gasteiger partial charge in [-0.1, -0.05) is 25.1 Å². The van der Waals surface area contributed by atoms with Crippen molar-refractivity contribution in [1.29, 1.82) is 0 Å². The van der Waals surface area contributed by atoms with Crippen molar-refractivity contribution in [2.24, 2.45) is 5.73 Å². The molecule has 1 aromatic carbocycles. The van der Waals surface area contributed by atoms with Gasteiger partial charge in [-0.05, 0) is 36.1 Å². The minimum absolute atomic E-state index is 0.156. The van der Waals surface area contributed by atoms with Crippen LogP contribution in [0, 0.1) is 0 Å². The molecule has 19 heavy (non-hydrogen) atoms. The predicted octanol–water partition coefficient (Wildman–Crippen LogP) is 2.88. The van der Waals surface area contributed by atoms with Crippen LogP contribution in [0.3, 0.4) is 0 Å². The lowest BCUT2D eigenvalue weighted by atomic mass is 10.0. The van der Waals surface area contributed by atoms with Crippen LogP contribution in [0.4, 0.5) is 5.69 Å². The molecule has 0 unspecified atom stereocenters. The van der Waals surface area contributed by atoms with E-state index in [0.29, 0.717) is 0 Å². The summed E-state index contributed by atoms with van der Waals surface area (Å²) < 4.78 is 5.18. The maximum absolute atomic E-state index is 6.04. The molecule has 0 bridgehead atoms. The number of methoxy groups -OCH3 is 1. The average molecular weight is 260 g/mol. The molecule has 0 aromatic heterocycles. The van der Waals surface area contributed by atoms with Crippen LogP contribution < -0.4 is 10.6 Å². The van der Waals surface area contributed by atoms with E-state index < -0.39 is 0 Å². The zero-order valence-corrected chi connectivity index (χ0v) is 11.9. The van der Waals surface area contributed by atoms with Crippen molar-refractivity contribution >= 4 is 5.69 Å². The van der Waals surface area contributed by atoms with Crippen molar-refractivity contribution in [2.75, 3.05) is 31.7 Å². The molecule has 0 amide bonds. The highest BCUT2D eigenvalue weighted by Crippen LogP contribution is 2.22. The Hall–Kier alpha value is -1.32. The van der Waals surface area contributed by atoms with Gasteiger partial charge in [0.05, 0.1) is 6.61 Å². The number of benzene rings is 1. The van der Waals surface area contributed by atoms with Crippen molar-refractivity contribution in [3.8, 4) is 0 Å². The highest BCUT2D eigenvalue weighted by Gasteiger charge is 2.12. The summed E-state index contributed by atoms with van der Waals surface area (Å²) in [6.45, 7) is 4.91. The smallest absolute Gasteiger partial charge is 0.0674 e. The van der Waals surface area contributed by atoms with Gasteiger partial charge in [0.25, 0.3) is 0 Å². The zero-order valence-electron chi connectivity index (χ0n) is 11.9. The SMILES string of the molecule is CC[C@H](N)c1ccc(N2CC=C(COC)CC2)cc1. The number of ether oxygens (including phenoxy) is 1. The van der Waals surface area contributed by atoms with E-state index in [0.717, 1.165) is 32.5 Å². The summed E-state index contributed by atoms with van der Waals surface area (Å²) in [5, 5.41) is 0. The van der Waals surface area contributed by atoms with Gasteiger partial charge in [-0.25, -0.2) is 0 Å². The first-order chi connectivity index (χ1) is 9.24. The zero-order chi connectivity index (χ0) is 13.7. The molecule has 0 spiro atoms. The van der Waals surface area contributed by atoms with Crippen molar-refractivity contribution in [2.45, 2.75) is 25.8 Å². The number of nitrogens with zero attached hydrogens (tertiary/aromatic N) is 1. The molecule has 0 saturated heterocycles. The molecular formula is C16H24N2O. The standard InChI is InChI=1S/C16H24N2O/c1-3-16(17)14-4-6-15(7-5-14)18-10-8-13(9-11-18)12-19-2/h4-8,16H,3,9-12,17H2,1-2H3/t16-/m0/s1. The summed E-state index contributed by atoms with van der Waals surface area (Å²) in [6.07, 6.45) is 4.34. The maximum atomic E-state index is 6.04. The lowest BCUT2D eigenvalue weighted by molar-refractivity contribution is 0.222. The molecule has 0 aliphatic carbocycles. The molecule has 3 heteroatoms. The molecule has 2 N–H and O–H groups in total. The predicted molar refractivity (Wildman–Crippen MR) is 80.5 cm³/mol. The van der Waals surface area contributed by atoms with Crippen molar-refractivity contribution in [3.05, 3.63) is 41.5 Å². The molecule has 1 aliphatic rings. The molecular weight excluding hydrogens is 236 g/mol. The summed E-state index contributed by atoms with van der Waals surface area (Å²) in [5.41, 5.74) is 9.94. The van der Waals surface area contributed by atoms with Gasteiger partial charge in [0.2, 0.25) is 0 Å². The summed E-state index contributed by atoms with van der Waals surface area (Å²) in [4.78, 5) is 2.39. The minimum Gasteiger partial charge on any atom is -0.380 e. The Balaban J connectivity index is 2.00. The Bertz CT molecular complexity index is 425. The van der Waals surface area contributed by atoms with Crippen LogP contribution in [-0.2, 0) is 4.74 Å². The Labute approximate surface area is 116 Å². The molecule has 104 valence electrons. The normalized spacial score (nSPS) is 17.2. The van der Waals surface area contributed by atoms with Gasteiger partial charge in [0.1, 0.15) is 0 Å². The molecule has 0 fully saturated rings. The van der Waals surface area contributed by atoms with Crippen LogP contribution in [0.2, 0.25) is 0 Å². The van der Waals surface area contributed by atoms with E-state index in [1.807, 2.05) is 0 Å². The van der Waals surface area contributed by atoms with Gasteiger partial charge < -0.3 is 15.4 Å². The summed E-state index contributed by atoms with van der Waals surface area (Å²) in [5.74, 6) is 0. The van der Waals surface area contributed by atoms with Crippen molar-refractivity contribution in [3.63, 3.8) is 0 Å². The second-order valence-corrected chi connectivity index (χ2v) is 5.10. The average Bonchev–Trinajstić information content (AvgIpc) is 2.48. The first-order valence-corrected chi connectivity index (χ1v) is 7.02.